The summed E-state index contributed by atoms with van der Waals surface area (Å²) in [7, 11) is -3.74. The van der Waals surface area contributed by atoms with Gasteiger partial charge < -0.3 is 19.5 Å². The van der Waals surface area contributed by atoms with Gasteiger partial charge in [0, 0.05) is 0 Å². The highest BCUT2D eigenvalue weighted by molar-refractivity contribution is 7.58. The zero-order chi connectivity index (χ0) is 18.6. The van der Waals surface area contributed by atoms with Crippen molar-refractivity contribution in [2.45, 2.75) is 26.7 Å². The van der Waals surface area contributed by atoms with Crippen LogP contribution >= 0.6 is 7.60 Å². The molecule has 0 amide bonds. The highest BCUT2D eigenvalue weighted by Crippen LogP contribution is 2.64. The number of nitriles is 1. The molecule has 0 saturated heterocycles. The van der Waals surface area contributed by atoms with Crippen molar-refractivity contribution < 1.29 is 22.7 Å². The average Bonchev–Trinajstić information content (AvgIpc) is 2.55. The topological polar surface area (TPSA) is 94.6 Å². The van der Waals surface area contributed by atoms with Gasteiger partial charge in [-0.05, 0) is 38.5 Å². The first-order chi connectivity index (χ1) is 11.9. The van der Waals surface area contributed by atoms with Crippen LogP contribution in [0.3, 0.4) is 0 Å². The smallest absolute Gasteiger partial charge is 0.361 e. The van der Waals surface area contributed by atoms with Crippen LogP contribution in [-0.2, 0) is 18.3 Å². The molecule has 1 aliphatic rings. The maximum absolute atomic E-state index is 13.4. The molecular weight excluding hydrogens is 346 g/mol. The Labute approximate surface area is 146 Å². The minimum absolute atomic E-state index is 0.0758. The van der Waals surface area contributed by atoms with Crippen LogP contribution in [0.25, 0.3) is 0 Å². The predicted molar refractivity (Wildman–Crippen MR) is 90.6 cm³/mol. The molecule has 0 spiro atoms. The Morgan fingerprint density at radius 2 is 1.84 bits per heavy atom. The second-order valence-corrected chi connectivity index (χ2v) is 7.24. The van der Waals surface area contributed by atoms with Gasteiger partial charge in [-0.15, -0.1) is 0 Å². The van der Waals surface area contributed by atoms with Crippen LogP contribution in [-0.4, -0.2) is 13.2 Å². The lowest BCUT2D eigenvalue weighted by Gasteiger charge is -2.31. The predicted octanol–water partition coefficient (Wildman–Crippen LogP) is 4.13. The number of hydrogen-bond acceptors (Lipinski definition) is 6. The summed E-state index contributed by atoms with van der Waals surface area (Å²) in [4.78, 5) is 0. The van der Waals surface area contributed by atoms with Crippen LogP contribution in [0.1, 0.15) is 32.3 Å². The van der Waals surface area contributed by atoms with Crippen molar-refractivity contribution in [1.29, 1.82) is 5.26 Å². The summed E-state index contributed by atoms with van der Waals surface area (Å²) in [5, 5.41) is 9.74. The Morgan fingerprint density at radius 3 is 2.32 bits per heavy atom. The molecule has 1 heterocycles. The lowest BCUT2D eigenvalue weighted by Crippen LogP contribution is -2.21. The van der Waals surface area contributed by atoms with E-state index in [1.807, 2.05) is 6.07 Å². The molecule has 2 N–H and O–H groups in total. The van der Waals surface area contributed by atoms with E-state index in [0.717, 1.165) is 0 Å². The maximum Gasteiger partial charge on any atom is 0.361 e. The molecule has 0 bridgehead atoms. The number of allylic oxidation sites excluding steroid dienone is 3. The molecule has 0 aromatic heterocycles. The summed E-state index contributed by atoms with van der Waals surface area (Å²) >= 11 is 0. The summed E-state index contributed by atoms with van der Waals surface area (Å²) < 4.78 is 43.0. The van der Waals surface area contributed by atoms with E-state index in [2.05, 4.69) is 0 Å². The quantitative estimate of drug-likeness (QED) is 0.761. The number of rotatable bonds is 6. The van der Waals surface area contributed by atoms with Crippen molar-refractivity contribution in [3.05, 3.63) is 58.2 Å². The van der Waals surface area contributed by atoms with Gasteiger partial charge in [0.1, 0.15) is 23.2 Å². The van der Waals surface area contributed by atoms with Crippen LogP contribution in [0.5, 0.6) is 0 Å². The number of nitrogens with two attached hydrogens (primary N) is 1. The van der Waals surface area contributed by atoms with Crippen molar-refractivity contribution in [3.63, 3.8) is 0 Å². The first kappa shape index (κ1) is 19.2. The fraction of sp³-hybridized carbons (Fsp3) is 0.353. The normalized spacial score (nSPS) is 18.1. The van der Waals surface area contributed by atoms with Crippen LogP contribution in [0, 0.1) is 17.1 Å². The summed E-state index contributed by atoms with van der Waals surface area (Å²) in [5.41, 5.74) is 6.46. The van der Waals surface area contributed by atoms with E-state index in [0.29, 0.717) is 5.56 Å². The SMILES string of the molecule is CCOP(=O)(OCC)C1=C(C)OC(N)=C(C#N)[C@H]1c1ccc(F)cc1. The molecule has 25 heavy (non-hydrogen) atoms. The Balaban J connectivity index is 2.69. The van der Waals surface area contributed by atoms with Gasteiger partial charge in [0.2, 0.25) is 5.88 Å². The molecule has 0 radical (unpaired) electrons. The Kier molecular flexibility index (Phi) is 6.02. The van der Waals surface area contributed by atoms with Gasteiger partial charge in [0.15, 0.2) is 0 Å². The van der Waals surface area contributed by atoms with E-state index < -0.39 is 19.3 Å². The van der Waals surface area contributed by atoms with E-state index in [1.165, 1.54) is 24.3 Å². The third-order valence-electron chi connectivity index (χ3n) is 3.67. The zero-order valence-corrected chi connectivity index (χ0v) is 15.2. The number of nitrogens with zero attached hydrogens (tertiary/aromatic N) is 1. The lowest BCUT2D eigenvalue weighted by molar-refractivity contribution is 0.218. The van der Waals surface area contributed by atoms with E-state index in [1.54, 1.807) is 20.8 Å². The first-order valence-corrected chi connectivity index (χ1v) is 9.35. The maximum atomic E-state index is 13.4. The largest absolute Gasteiger partial charge is 0.445 e. The standard InChI is InChI=1S/C17H20FN2O4P/c1-4-22-25(21,23-5-2)16-11(3)24-17(20)14(10-19)15(16)12-6-8-13(18)9-7-12/h6-9,15H,4-5,20H2,1-3H3/t15-/m1/s1. The molecule has 0 fully saturated rings. The first-order valence-electron chi connectivity index (χ1n) is 7.81. The monoisotopic (exact) mass is 366 g/mol. The summed E-state index contributed by atoms with van der Waals surface area (Å²) in [6, 6.07) is 7.52. The summed E-state index contributed by atoms with van der Waals surface area (Å²) in [6.07, 6.45) is 0. The number of benzene rings is 1. The lowest BCUT2D eigenvalue weighted by atomic mass is 9.89. The zero-order valence-electron chi connectivity index (χ0n) is 14.3. The van der Waals surface area contributed by atoms with Gasteiger partial charge in [0.25, 0.3) is 0 Å². The molecule has 1 aliphatic heterocycles. The molecule has 134 valence electrons. The van der Waals surface area contributed by atoms with Crippen LogP contribution in [0.4, 0.5) is 4.39 Å². The minimum Gasteiger partial charge on any atom is -0.445 e. The molecule has 1 aromatic carbocycles. The van der Waals surface area contributed by atoms with Crippen molar-refractivity contribution in [2.75, 3.05) is 13.2 Å². The molecule has 8 heteroatoms. The highest BCUT2D eigenvalue weighted by Gasteiger charge is 2.43. The molecule has 1 aromatic rings. The van der Waals surface area contributed by atoms with Gasteiger partial charge in [-0.3, -0.25) is 4.57 Å². The third kappa shape index (κ3) is 3.77. The van der Waals surface area contributed by atoms with E-state index in [-0.39, 0.29) is 35.7 Å². The Morgan fingerprint density at radius 1 is 1.28 bits per heavy atom. The summed E-state index contributed by atoms with van der Waals surface area (Å²) in [6.45, 7) is 5.25. The van der Waals surface area contributed by atoms with Crippen molar-refractivity contribution in [1.82, 2.24) is 0 Å². The molecule has 6 nitrogen and oxygen atoms in total. The van der Waals surface area contributed by atoms with E-state index in [4.69, 9.17) is 19.5 Å². The highest BCUT2D eigenvalue weighted by atomic mass is 31.2. The fourth-order valence-corrected chi connectivity index (χ4v) is 4.78. The molecule has 0 saturated carbocycles. The minimum atomic E-state index is -3.74. The van der Waals surface area contributed by atoms with Gasteiger partial charge in [-0.1, -0.05) is 12.1 Å². The van der Waals surface area contributed by atoms with Gasteiger partial charge in [0.05, 0.1) is 24.4 Å². The van der Waals surface area contributed by atoms with Gasteiger partial charge in [-0.2, -0.15) is 5.26 Å². The molecule has 2 rings (SSSR count). The van der Waals surface area contributed by atoms with Crippen LogP contribution in [0.2, 0.25) is 0 Å². The van der Waals surface area contributed by atoms with Crippen molar-refractivity contribution >= 4 is 7.60 Å². The van der Waals surface area contributed by atoms with E-state index >= 15 is 0 Å². The molecule has 0 aliphatic carbocycles. The molecular formula is C17H20FN2O4P. The number of hydrogen-bond donors (Lipinski definition) is 1. The van der Waals surface area contributed by atoms with Crippen molar-refractivity contribution in [3.8, 4) is 6.07 Å². The molecule has 0 unspecified atom stereocenters. The second-order valence-electron chi connectivity index (χ2n) is 5.25. The van der Waals surface area contributed by atoms with Crippen LogP contribution < -0.4 is 5.73 Å². The molecule has 1 atom stereocenters. The Bertz CT molecular complexity index is 786. The summed E-state index contributed by atoms with van der Waals surface area (Å²) in [5.74, 6) is -1.07. The van der Waals surface area contributed by atoms with Gasteiger partial charge >= 0.3 is 7.60 Å². The number of halogens is 1. The van der Waals surface area contributed by atoms with Crippen molar-refractivity contribution in [2.24, 2.45) is 5.73 Å². The van der Waals surface area contributed by atoms with Crippen LogP contribution in [0.15, 0.2) is 46.8 Å². The van der Waals surface area contributed by atoms with Gasteiger partial charge in [-0.25, -0.2) is 4.39 Å². The third-order valence-corrected chi connectivity index (χ3v) is 6.03. The second kappa shape index (κ2) is 7.83. The number of ether oxygens (including phenoxy) is 1. The van der Waals surface area contributed by atoms with E-state index in [9.17, 15) is 14.2 Å². The average molecular weight is 366 g/mol. The fourth-order valence-electron chi connectivity index (χ4n) is 2.72. The Hall–Kier alpha value is -2.13.